The molecular formula is C19H16BrClN2O3. The van der Waals surface area contributed by atoms with E-state index in [1.165, 1.54) is 0 Å². The molecule has 0 aromatic heterocycles. The van der Waals surface area contributed by atoms with Gasteiger partial charge in [0, 0.05) is 4.47 Å². The van der Waals surface area contributed by atoms with Crippen molar-refractivity contribution in [2.75, 3.05) is 11.9 Å². The lowest BCUT2D eigenvalue weighted by Crippen LogP contribution is -2.40. The first-order valence-corrected chi connectivity index (χ1v) is 9.91. The minimum absolute atomic E-state index is 0.167. The maximum atomic E-state index is 12.9. The molecule has 1 aromatic carbocycles. The average molecular weight is 436 g/mol. The number of rotatable bonds is 3. The topological polar surface area (TPSA) is 66.5 Å². The van der Waals surface area contributed by atoms with Gasteiger partial charge in [0.25, 0.3) is 0 Å². The SMILES string of the molecule is O=C(CN1C(=O)[C@@H]2[C@@H]3C=C[C@H]([C@H]4C[C@H]34)[C@@H]2C1=O)Nc1ccc(Br)cc1Cl. The molecule has 134 valence electrons. The number of nitrogens with zero attached hydrogens (tertiary/aromatic N) is 1. The summed E-state index contributed by atoms with van der Waals surface area (Å²) in [6, 6.07) is 5.11. The van der Waals surface area contributed by atoms with Gasteiger partial charge in [0.15, 0.2) is 0 Å². The van der Waals surface area contributed by atoms with Crippen molar-refractivity contribution in [3.8, 4) is 0 Å². The molecule has 1 saturated heterocycles. The van der Waals surface area contributed by atoms with Crippen LogP contribution in [0.4, 0.5) is 5.69 Å². The number of hydrogen-bond donors (Lipinski definition) is 1. The quantitative estimate of drug-likeness (QED) is 0.586. The fourth-order valence-electron chi connectivity index (χ4n) is 5.10. The minimum Gasteiger partial charge on any atom is -0.323 e. The van der Waals surface area contributed by atoms with Crippen LogP contribution in [0, 0.1) is 35.5 Å². The second-order valence-electron chi connectivity index (χ2n) is 7.59. The van der Waals surface area contributed by atoms with Crippen molar-refractivity contribution in [1.29, 1.82) is 0 Å². The summed E-state index contributed by atoms with van der Waals surface area (Å²) in [6.07, 6.45) is 5.37. The van der Waals surface area contributed by atoms with Crippen LogP contribution in [0.5, 0.6) is 0 Å². The Balaban J connectivity index is 1.33. The van der Waals surface area contributed by atoms with E-state index < -0.39 is 5.91 Å². The molecule has 26 heavy (non-hydrogen) atoms. The molecule has 1 aromatic rings. The lowest BCUT2D eigenvalue weighted by atomic mass is 9.63. The molecule has 4 aliphatic carbocycles. The average Bonchev–Trinajstić information content (AvgIpc) is 3.39. The maximum Gasteiger partial charge on any atom is 0.244 e. The maximum absolute atomic E-state index is 12.9. The Hall–Kier alpha value is -1.66. The molecule has 0 unspecified atom stereocenters. The highest BCUT2D eigenvalue weighted by molar-refractivity contribution is 9.10. The van der Waals surface area contributed by atoms with Crippen LogP contribution in [0.1, 0.15) is 6.42 Å². The van der Waals surface area contributed by atoms with Crippen LogP contribution in [-0.4, -0.2) is 29.2 Å². The highest BCUT2D eigenvalue weighted by Crippen LogP contribution is 2.65. The fourth-order valence-corrected chi connectivity index (χ4v) is 5.82. The van der Waals surface area contributed by atoms with Crippen LogP contribution in [0.2, 0.25) is 5.02 Å². The Bertz CT molecular complexity index is 850. The molecule has 3 fully saturated rings. The van der Waals surface area contributed by atoms with E-state index in [2.05, 4.69) is 33.4 Å². The predicted octanol–water partition coefficient (Wildman–Crippen LogP) is 3.09. The molecule has 5 nitrogen and oxygen atoms in total. The molecule has 0 spiro atoms. The first kappa shape index (κ1) is 16.5. The molecule has 2 saturated carbocycles. The summed E-state index contributed by atoms with van der Waals surface area (Å²) in [5, 5.41) is 3.08. The third-order valence-electron chi connectivity index (χ3n) is 6.26. The van der Waals surface area contributed by atoms with Crippen LogP contribution >= 0.6 is 27.5 Å². The number of anilines is 1. The normalized spacial score (nSPS) is 36.2. The number of allylic oxidation sites excluding steroid dienone is 2. The van der Waals surface area contributed by atoms with Crippen LogP contribution in [0.25, 0.3) is 0 Å². The summed E-state index contributed by atoms with van der Waals surface area (Å²) in [5.41, 5.74) is 0.458. The summed E-state index contributed by atoms with van der Waals surface area (Å²) in [6.45, 7) is -0.258. The standard InChI is InChI=1S/C19H16BrClN2O3/c20-8-1-4-14(13(21)5-8)22-15(24)7-23-18(25)16-9-2-3-10(12-6-11(9)12)17(16)19(23)26/h1-5,9-12,16-17H,6-7H2,(H,22,24)/t9-,10-,11-,12-,16-,17+/m1/s1. The van der Waals surface area contributed by atoms with Gasteiger partial charge in [-0.3, -0.25) is 19.3 Å². The van der Waals surface area contributed by atoms with Gasteiger partial charge in [0.2, 0.25) is 17.7 Å². The van der Waals surface area contributed by atoms with Gasteiger partial charge < -0.3 is 5.32 Å². The van der Waals surface area contributed by atoms with Crippen LogP contribution in [-0.2, 0) is 14.4 Å². The number of carbonyl (C=O) groups is 3. The number of nitrogens with one attached hydrogen (secondary N) is 1. The zero-order valence-electron chi connectivity index (χ0n) is 13.7. The van der Waals surface area contributed by atoms with Crippen molar-refractivity contribution in [2.24, 2.45) is 35.5 Å². The van der Waals surface area contributed by atoms with Crippen molar-refractivity contribution >= 4 is 50.9 Å². The number of halogens is 2. The van der Waals surface area contributed by atoms with Gasteiger partial charge in [-0.1, -0.05) is 39.7 Å². The summed E-state index contributed by atoms with van der Waals surface area (Å²) in [5.74, 6) is 0.0942. The first-order valence-electron chi connectivity index (χ1n) is 8.74. The van der Waals surface area contributed by atoms with E-state index in [0.717, 1.165) is 15.8 Å². The van der Waals surface area contributed by atoms with E-state index in [1.54, 1.807) is 18.2 Å². The number of likely N-dealkylation sites (tertiary alicyclic amines) is 1. The molecule has 6 atom stereocenters. The number of carbonyl (C=O) groups excluding carboxylic acids is 3. The third-order valence-corrected chi connectivity index (χ3v) is 7.07. The van der Waals surface area contributed by atoms with Crippen molar-refractivity contribution in [1.82, 2.24) is 4.90 Å². The Morgan fingerprint density at radius 3 is 2.35 bits per heavy atom. The van der Waals surface area contributed by atoms with E-state index in [1.807, 2.05) is 0 Å². The van der Waals surface area contributed by atoms with Crippen molar-refractivity contribution in [3.63, 3.8) is 0 Å². The summed E-state index contributed by atoms with van der Waals surface area (Å²) in [4.78, 5) is 39.3. The van der Waals surface area contributed by atoms with Gasteiger partial charge >= 0.3 is 0 Å². The van der Waals surface area contributed by atoms with E-state index in [9.17, 15) is 14.4 Å². The summed E-state index contributed by atoms with van der Waals surface area (Å²) < 4.78 is 0.802. The molecule has 7 heteroatoms. The molecule has 1 heterocycles. The minimum atomic E-state index is -0.417. The van der Waals surface area contributed by atoms with Gasteiger partial charge in [-0.2, -0.15) is 0 Å². The smallest absolute Gasteiger partial charge is 0.244 e. The number of hydrogen-bond acceptors (Lipinski definition) is 3. The molecule has 3 amide bonds. The first-order chi connectivity index (χ1) is 12.5. The molecule has 0 radical (unpaired) electrons. The number of imide groups is 1. The zero-order chi connectivity index (χ0) is 18.2. The van der Waals surface area contributed by atoms with Crippen molar-refractivity contribution in [3.05, 3.63) is 39.8 Å². The summed E-state index contributed by atoms with van der Waals surface area (Å²) in [7, 11) is 0. The predicted molar refractivity (Wildman–Crippen MR) is 99.2 cm³/mol. The van der Waals surface area contributed by atoms with E-state index in [4.69, 9.17) is 11.6 Å². The van der Waals surface area contributed by atoms with Crippen LogP contribution < -0.4 is 5.32 Å². The number of benzene rings is 1. The molecule has 5 aliphatic rings. The summed E-state index contributed by atoms with van der Waals surface area (Å²) >= 11 is 9.42. The highest BCUT2D eigenvalue weighted by atomic mass is 79.9. The lowest BCUT2D eigenvalue weighted by molar-refractivity contribution is -0.142. The van der Waals surface area contributed by atoms with E-state index >= 15 is 0 Å². The Kier molecular flexibility index (Phi) is 3.60. The fraction of sp³-hybridized carbons (Fsp3) is 0.421. The second kappa shape index (κ2) is 5.67. The van der Waals surface area contributed by atoms with Gasteiger partial charge in [0.05, 0.1) is 22.5 Å². The van der Waals surface area contributed by atoms with Crippen LogP contribution in [0.3, 0.4) is 0 Å². The van der Waals surface area contributed by atoms with E-state index in [-0.39, 0.29) is 42.0 Å². The molecule has 1 N–H and O–H groups in total. The Morgan fingerprint density at radius 2 is 1.77 bits per heavy atom. The molecule has 1 aliphatic heterocycles. The molecular weight excluding hydrogens is 420 g/mol. The Morgan fingerprint density at radius 1 is 1.15 bits per heavy atom. The number of amides is 3. The van der Waals surface area contributed by atoms with Crippen molar-refractivity contribution < 1.29 is 14.4 Å². The van der Waals surface area contributed by atoms with E-state index in [0.29, 0.717) is 22.5 Å². The van der Waals surface area contributed by atoms with Gasteiger partial charge in [-0.05, 0) is 48.3 Å². The van der Waals surface area contributed by atoms with Gasteiger partial charge in [-0.15, -0.1) is 0 Å². The largest absolute Gasteiger partial charge is 0.323 e. The zero-order valence-corrected chi connectivity index (χ0v) is 16.0. The second-order valence-corrected chi connectivity index (χ2v) is 8.91. The van der Waals surface area contributed by atoms with Gasteiger partial charge in [-0.25, -0.2) is 0 Å². The molecule has 6 rings (SSSR count). The molecule has 2 bridgehead atoms. The monoisotopic (exact) mass is 434 g/mol. The van der Waals surface area contributed by atoms with Crippen LogP contribution in [0.15, 0.2) is 34.8 Å². The van der Waals surface area contributed by atoms with Gasteiger partial charge in [0.1, 0.15) is 6.54 Å². The highest BCUT2D eigenvalue weighted by Gasteiger charge is 2.67. The van der Waals surface area contributed by atoms with Crippen molar-refractivity contribution in [2.45, 2.75) is 6.42 Å². The Labute approximate surface area is 163 Å². The third kappa shape index (κ3) is 2.31. The lowest BCUT2D eigenvalue weighted by Gasteiger charge is -2.37.